The van der Waals surface area contributed by atoms with Gasteiger partial charge in [0.1, 0.15) is 5.82 Å². The quantitative estimate of drug-likeness (QED) is 0.820. The molecule has 0 bridgehead atoms. The van der Waals surface area contributed by atoms with Crippen molar-refractivity contribution in [1.29, 1.82) is 0 Å². The standard InChI is InChI=1S/C18H24FN3O/c1-14-10-17(21(2)20-14)12-22(13-18-4-3-9-23-18)11-15-5-7-16(19)8-6-15/h5-8,10,18H,3-4,9,11-13H2,1-2H3. The van der Waals surface area contributed by atoms with E-state index >= 15 is 0 Å². The molecule has 2 heterocycles. The zero-order valence-electron chi connectivity index (χ0n) is 13.8. The summed E-state index contributed by atoms with van der Waals surface area (Å²) in [4.78, 5) is 2.36. The van der Waals surface area contributed by atoms with Gasteiger partial charge < -0.3 is 4.74 Å². The lowest BCUT2D eigenvalue weighted by Crippen LogP contribution is -2.32. The molecule has 1 atom stereocenters. The largest absolute Gasteiger partial charge is 0.377 e. The van der Waals surface area contributed by atoms with Crippen LogP contribution in [0.4, 0.5) is 4.39 Å². The number of nitrogens with zero attached hydrogens (tertiary/aromatic N) is 3. The van der Waals surface area contributed by atoms with E-state index < -0.39 is 0 Å². The molecule has 0 aliphatic carbocycles. The SMILES string of the molecule is Cc1cc(CN(Cc2ccc(F)cc2)CC2CCCO2)n(C)n1. The highest BCUT2D eigenvalue weighted by atomic mass is 19.1. The Bertz CT molecular complexity index is 632. The second kappa shape index (κ2) is 7.23. The van der Waals surface area contributed by atoms with Crippen molar-refractivity contribution in [2.24, 2.45) is 7.05 Å². The first kappa shape index (κ1) is 16.1. The number of rotatable bonds is 6. The van der Waals surface area contributed by atoms with Gasteiger partial charge in [-0.25, -0.2) is 4.39 Å². The number of benzene rings is 1. The van der Waals surface area contributed by atoms with Crippen molar-refractivity contribution < 1.29 is 9.13 Å². The molecule has 4 nitrogen and oxygen atoms in total. The van der Waals surface area contributed by atoms with E-state index in [1.165, 1.54) is 17.8 Å². The predicted molar refractivity (Wildman–Crippen MR) is 87.4 cm³/mol. The molecule has 1 aliphatic heterocycles. The van der Waals surface area contributed by atoms with Gasteiger partial charge in [0.2, 0.25) is 0 Å². The third-order valence-electron chi connectivity index (χ3n) is 4.29. The summed E-state index contributed by atoms with van der Waals surface area (Å²) in [5.74, 6) is -0.193. The van der Waals surface area contributed by atoms with E-state index in [1.54, 1.807) is 0 Å². The molecule has 1 unspecified atom stereocenters. The monoisotopic (exact) mass is 317 g/mol. The smallest absolute Gasteiger partial charge is 0.123 e. The van der Waals surface area contributed by atoms with Crippen LogP contribution < -0.4 is 0 Å². The Morgan fingerprint density at radius 3 is 2.70 bits per heavy atom. The number of hydrogen-bond acceptors (Lipinski definition) is 3. The van der Waals surface area contributed by atoms with Crippen LogP contribution in [0.25, 0.3) is 0 Å². The lowest BCUT2D eigenvalue weighted by atomic mass is 10.1. The highest BCUT2D eigenvalue weighted by Crippen LogP contribution is 2.17. The molecule has 3 rings (SSSR count). The maximum atomic E-state index is 13.1. The minimum Gasteiger partial charge on any atom is -0.377 e. The lowest BCUT2D eigenvalue weighted by molar-refractivity contribution is 0.0670. The third kappa shape index (κ3) is 4.39. The first-order chi connectivity index (χ1) is 11.1. The number of aryl methyl sites for hydroxylation is 2. The summed E-state index contributed by atoms with van der Waals surface area (Å²) in [6.45, 7) is 5.36. The maximum absolute atomic E-state index is 13.1. The van der Waals surface area contributed by atoms with Gasteiger partial charge in [-0.1, -0.05) is 12.1 Å². The molecule has 1 fully saturated rings. The first-order valence-electron chi connectivity index (χ1n) is 8.18. The van der Waals surface area contributed by atoms with Gasteiger partial charge in [-0.15, -0.1) is 0 Å². The minimum atomic E-state index is -0.193. The molecule has 0 amide bonds. The van der Waals surface area contributed by atoms with Crippen molar-refractivity contribution in [3.63, 3.8) is 0 Å². The van der Waals surface area contributed by atoms with Gasteiger partial charge in [-0.3, -0.25) is 9.58 Å². The molecule has 1 aromatic carbocycles. The molecule has 0 N–H and O–H groups in total. The highest BCUT2D eigenvalue weighted by Gasteiger charge is 2.20. The summed E-state index contributed by atoms with van der Waals surface area (Å²) in [6, 6.07) is 8.87. The van der Waals surface area contributed by atoms with Crippen LogP contribution in [0.2, 0.25) is 0 Å². The third-order valence-corrected chi connectivity index (χ3v) is 4.29. The average Bonchev–Trinajstić information content (AvgIpc) is 3.12. The molecule has 1 aromatic heterocycles. The van der Waals surface area contributed by atoms with E-state index in [2.05, 4.69) is 16.1 Å². The molecule has 0 saturated carbocycles. The fourth-order valence-electron chi connectivity index (χ4n) is 3.15. The number of aromatic nitrogens is 2. The van der Waals surface area contributed by atoms with Crippen LogP contribution >= 0.6 is 0 Å². The number of ether oxygens (including phenoxy) is 1. The molecule has 5 heteroatoms. The van der Waals surface area contributed by atoms with Gasteiger partial charge in [0.25, 0.3) is 0 Å². The van der Waals surface area contributed by atoms with Crippen LogP contribution in [0.15, 0.2) is 30.3 Å². The summed E-state index contributed by atoms with van der Waals surface area (Å²) in [5, 5.41) is 4.42. The van der Waals surface area contributed by atoms with Crippen LogP contribution in [0.3, 0.4) is 0 Å². The van der Waals surface area contributed by atoms with E-state index in [0.717, 1.165) is 50.3 Å². The zero-order chi connectivity index (χ0) is 16.2. The Labute approximate surface area is 136 Å². The van der Waals surface area contributed by atoms with Crippen molar-refractivity contribution in [2.45, 2.75) is 39.0 Å². The molecule has 1 saturated heterocycles. The summed E-state index contributed by atoms with van der Waals surface area (Å²) < 4.78 is 20.8. The minimum absolute atomic E-state index is 0.193. The van der Waals surface area contributed by atoms with Gasteiger partial charge in [0.15, 0.2) is 0 Å². The fraction of sp³-hybridized carbons (Fsp3) is 0.500. The first-order valence-corrected chi connectivity index (χ1v) is 8.18. The summed E-state index contributed by atoms with van der Waals surface area (Å²) in [5.41, 5.74) is 3.33. The molecule has 2 aromatic rings. The van der Waals surface area contributed by atoms with Crippen molar-refractivity contribution in [1.82, 2.24) is 14.7 Å². The zero-order valence-corrected chi connectivity index (χ0v) is 13.8. The normalized spacial score (nSPS) is 18.0. The molecule has 0 radical (unpaired) electrons. The number of halogens is 1. The maximum Gasteiger partial charge on any atom is 0.123 e. The van der Waals surface area contributed by atoms with Gasteiger partial charge in [0, 0.05) is 33.3 Å². The Morgan fingerprint density at radius 1 is 1.30 bits per heavy atom. The van der Waals surface area contributed by atoms with E-state index in [-0.39, 0.29) is 5.82 Å². The van der Waals surface area contributed by atoms with Crippen LogP contribution in [-0.4, -0.2) is 33.9 Å². The van der Waals surface area contributed by atoms with Crippen molar-refractivity contribution in [3.8, 4) is 0 Å². The second-order valence-corrected chi connectivity index (χ2v) is 6.33. The number of hydrogen-bond donors (Lipinski definition) is 0. The van der Waals surface area contributed by atoms with Gasteiger partial charge in [-0.2, -0.15) is 5.10 Å². The topological polar surface area (TPSA) is 30.3 Å². The second-order valence-electron chi connectivity index (χ2n) is 6.33. The lowest BCUT2D eigenvalue weighted by Gasteiger charge is -2.25. The average molecular weight is 317 g/mol. The Balaban J connectivity index is 1.72. The molecule has 1 aliphatic rings. The Kier molecular flexibility index (Phi) is 5.08. The van der Waals surface area contributed by atoms with Gasteiger partial charge in [0.05, 0.1) is 17.5 Å². The van der Waals surface area contributed by atoms with Crippen molar-refractivity contribution >= 4 is 0 Å². The van der Waals surface area contributed by atoms with Crippen LogP contribution in [-0.2, 0) is 24.9 Å². The summed E-state index contributed by atoms with van der Waals surface area (Å²) >= 11 is 0. The van der Waals surface area contributed by atoms with Gasteiger partial charge in [-0.05, 0) is 43.5 Å². The van der Waals surface area contributed by atoms with Gasteiger partial charge >= 0.3 is 0 Å². The molecule has 23 heavy (non-hydrogen) atoms. The van der Waals surface area contributed by atoms with Crippen molar-refractivity contribution in [2.75, 3.05) is 13.2 Å². The van der Waals surface area contributed by atoms with E-state index in [9.17, 15) is 4.39 Å². The summed E-state index contributed by atoms with van der Waals surface area (Å²) in [7, 11) is 1.98. The van der Waals surface area contributed by atoms with Crippen LogP contribution in [0, 0.1) is 12.7 Å². The Hall–Kier alpha value is -1.72. The highest BCUT2D eigenvalue weighted by molar-refractivity contribution is 5.16. The van der Waals surface area contributed by atoms with E-state index in [0.29, 0.717) is 6.10 Å². The van der Waals surface area contributed by atoms with Crippen LogP contribution in [0.1, 0.15) is 29.8 Å². The predicted octanol–water partition coefficient (Wildman–Crippen LogP) is 3.05. The molecular weight excluding hydrogens is 293 g/mol. The van der Waals surface area contributed by atoms with E-state index in [1.807, 2.05) is 30.8 Å². The van der Waals surface area contributed by atoms with E-state index in [4.69, 9.17) is 4.74 Å². The van der Waals surface area contributed by atoms with Crippen LogP contribution in [0.5, 0.6) is 0 Å². The molecule has 0 spiro atoms. The fourth-order valence-corrected chi connectivity index (χ4v) is 3.15. The summed E-state index contributed by atoms with van der Waals surface area (Å²) in [6.07, 6.45) is 2.55. The van der Waals surface area contributed by atoms with Crippen molar-refractivity contribution in [3.05, 3.63) is 53.1 Å². The Morgan fingerprint density at radius 2 is 2.09 bits per heavy atom. The molecular formula is C18H24FN3O. The molecule has 124 valence electrons.